The molecule has 0 saturated heterocycles. The third kappa shape index (κ3) is 3.20. The summed E-state index contributed by atoms with van der Waals surface area (Å²) in [5.74, 6) is 1.28. The van der Waals surface area contributed by atoms with Crippen LogP contribution in [0, 0.1) is 0 Å². The van der Waals surface area contributed by atoms with E-state index in [0.29, 0.717) is 4.75 Å². The molecule has 0 saturated carbocycles. The highest BCUT2D eigenvalue weighted by Crippen LogP contribution is 2.44. The van der Waals surface area contributed by atoms with E-state index >= 15 is 0 Å². The van der Waals surface area contributed by atoms with Crippen LogP contribution in [0.15, 0.2) is 47.6 Å². The second-order valence-corrected chi connectivity index (χ2v) is 6.75. The summed E-state index contributed by atoms with van der Waals surface area (Å²) in [5.41, 5.74) is 3.08. The number of allylic oxidation sites excluding steroid dienone is 7. The Kier molecular flexibility index (Phi) is 4.94. The number of thioether (sulfide) groups is 1. The van der Waals surface area contributed by atoms with Crippen LogP contribution < -0.4 is 0 Å². The van der Waals surface area contributed by atoms with Crippen LogP contribution in [0.4, 0.5) is 0 Å². The lowest BCUT2D eigenvalue weighted by Crippen LogP contribution is -2.28. The average Bonchev–Trinajstić information content (AvgIpc) is 2.86. The maximum atomic E-state index is 2.38. The third-order valence-corrected chi connectivity index (χ3v) is 5.54. The Morgan fingerprint density at radius 3 is 2.89 bits per heavy atom. The molecule has 98 valence electrons. The van der Waals surface area contributed by atoms with Crippen molar-refractivity contribution in [2.45, 2.75) is 50.7 Å². The van der Waals surface area contributed by atoms with Crippen LogP contribution in [0.5, 0.6) is 0 Å². The van der Waals surface area contributed by atoms with Gasteiger partial charge in [0.15, 0.2) is 0 Å². The van der Waals surface area contributed by atoms with Crippen molar-refractivity contribution in [3.05, 3.63) is 47.6 Å². The van der Waals surface area contributed by atoms with Gasteiger partial charge >= 0.3 is 0 Å². The Balaban J connectivity index is 2.09. The van der Waals surface area contributed by atoms with E-state index in [9.17, 15) is 0 Å². The van der Waals surface area contributed by atoms with Gasteiger partial charge in [0.05, 0.1) is 0 Å². The molecule has 1 heteroatoms. The summed E-state index contributed by atoms with van der Waals surface area (Å²) < 4.78 is 0.324. The van der Waals surface area contributed by atoms with Crippen molar-refractivity contribution in [1.29, 1.82) is 0 Å². The molecular weight excluding hydrogens is 236 g/mol. The zero-order chi connectivity index (χ0) is 12.8. The van der Waals surface area contributed by atoms with Crippen LogP contribution in [0.1, 0.15) is 46.0 Å². The molecule has 0 amide bonds. The van der Waals surface area contributed by atoms with Gasteiger partial charge < -0.3 is 0 Å². The van der Waals surface area contributed by atoms with Crippen LogP contribution >= 0.6 is 11.8 Å². The summed E-state index contributed by atoms with van der Waals surface area (Å²) in [6.45, 7) is 4.58. The van der Waals surface area contributed by atoms with E-state index in [0.717, 1.165) is 6.42 Å². The Morgan fingerprint density at radius 2 is 2.22 bits per heavy atom. The zero-order valence-corrected chi connectivity index (χ0v) is 12.4. The van der Waals surface area contributed by atoms with Gasteiger partial charge in [-0.3, -0.25) is 0 Å². The molecular formula is C17H24S. The van der Waals surface area contributed by atoms with Crippen molar-refractivity contribution in [2.75, 3.05) is 5.75 Å². The summed E-state index contributed by atoms with van der Waals surface area (Å²) >= 11 is 2.17. The summed E-state index contributed by atoms with van der Waals surface area (Å²) in [6, 6.07) is 0. The van der Waals surface area contributed by atoms with Gasteiger partial charge in [0, 0.05) is 4.75 Å². The lowest BCUT2D eigenvalue weighted by atomic mass is 9.86. The van der Waals surface area contributed by atoms with E-state index in [-0.39, 0.29) is 0 Å². The second kappa shape index (κ2) is 6.47. The molecule has 0 radical (unpaired) electrons. The van der Waals surface area contributed by atoms with Crippen LogP contribution in [0.25, 0.3) is 0 Å². The van der Waals surface area contributed by atoms with Crippen molar-refractivity contribution in [3.8, 4) is 0 Å². The van der Waals surface area contributed by atoms with Crippen LogP contribution in [0.3, 0.4) is 0 Å². The third-order valence-electron chi connectivity index (χ3n) is 3.86. The van der Waals surface area contributed by atoms with Gasteiger partial charge in [-0.1, -0.05) is 60.9 Å². The lowest BCUT2D eigenvalue weighted by molar-refractivity contribution is 0.669. The predicted molar refractivity (Wildman–Crippen MR) is 84.1 cm³/mol. The summed E-state index contributed by atoms with van der Waals surface area (Å²) in [5, 5.41) is 0. The predicted octanol–water partition coefficient (Wildman–Crippen LogP) is 5.44. The van der Waals surface area contributed by atoms with Crippen molar-refractivity contribution in [2.24, 2.45) is 0 Å². The summed E-state index contributed by atoms with van der Waals surface area (Å²) in [6.07, 6.45) is 20.0. The Morgan fingerprint density at radius 1 is 1.33 bits per heavy atom. The minimum atomic E-state index is 0.324. The quantitative estimate of drug-likeness (QED) is 0.573. The Labute approximate surface area is 116 Å². The van der Waals surface area contributed by atoms with E-state index in [4.69, 9.17) is 0 Å². The summed E-state index contributed by atoms with van der Waals surface area (Å²) in [4.78, 5) is 0. The van der Waals surface area contributed by atoms with Crippen molar-refractivity contribution >= 4 is 11.8 Å². The van der Waals surface area contributed by atoms with E-state index in [1.54, 1.807) is 5.57 Å². The van der Waals surface area contributed by atoms with Gasteiger partial charge in [-0.05, 0) is 38.4 Å². The maximum absolute atomic E-state index is 2.38. The fourth-order valence-corrected chi connectivity index (χ4v) is 4.20. The smallest absolute Gasteiger partial charge is 0.0443 e. The molecule has 0 fully saturated rings. The van der Waals surface area contributed by atoms with Crippen LogP contribution in [-0.2, 0) is 0 Å². The number of hydrogen-bond acceptors (Lipinski definition) is 1. The van der Waals surface area contributed by atoms with Gasteiger partial charge in [0.2, 0.25) is 0 Å². The minimum Gasteiger partial charge on any atom is -0.150 e. The Bertz CT molecular complexity index is 398. The minimum absolute atomic E-state index is 0.324. The molecule has 1 atom stereocenters. The molecule has 0 aromatic rings. The second-order valence-electron chi connectivity index (χ2n) is 5.27. The van der Waals surface area contributed by atoms with Crippen LogP contribution in [0.2, 0.25) is 0 Å². The molecule has 0 aromatic carbocycles. The van der Waals surface area contributed by atoms with Gasteiger partial charge in [0.25, 0.3) is 0 Å². The van der Waals surface area contributed by atoms with E-state index in [1.807, 2.05) is 0 Å². The number of hydrogen-bond donors (Lipinski definition) is 0. The molecule has 2 aliphatic rings. The molecule has 0 heterocycles. The highest BCUT2D eigenvalue weighted by atomic mass is 32.2. The molecule has 1 unspecified atom stereocenters. The first-order chi connectivity index (χ1) is 8.77. The number of unbranched alkanes of at least 4 members (excludes halogenated alkanes) is 1. The van der Waals surface area contributed by atoms with Gasteiger partial charge in [-0.25, -0.2) is 0 Å². The molecule has 0 spiro atoms. The van der Waals surface area contributed by atoms with E-state index < -0.39 is 0 Å². The maximum Gasteiger partial charge on any atom is 0.0443 e. The van der Waals surface area contributed by atoms with E-state index in [1.165, 1.54) is 37.0 Å². The SMILES string of the molecule is CCCCSC1(CC2=CCC=C2)CC=CC=C1C. The van der Waals surface area contributed by atoms with Gasteiger partial charge in [-0.2, -0.15) is 11.8 Å². The molecule has 0 aliphatic heterocycles. The van der Waals surface area contributed by atoms with Crippen molar-refractivity contribution < 1.29 is 0 Å². The molecule has 2 rings (SSSR count). The fourth-order valence-electron chi connectivity index (χ4n) is 2.60. The first-order valence-corrected chi connectivity index (χ1v) is 8.09. The number of rotatable bonds is 6. The van der Waals surface area contributed by atoms with Gasteiger partial charge in [0.1, 0.15) is 0 Å². The molecule has 0 aromatic heterocycles. The van der Waals surface area contributed by atoms with Crippen LogP contribution in [-0.4, -0.2) is 10.5 Å². The lowest BCUT2D eigenvalue weighted by Gasteiger charge is -2.36. The average molecular weight is 260 g/mol. The Hall–Kier alpha value is -0.690. The first-order valence-electron chi connectivity index (χ1n) is 7.10. The van der Waals surface area contributed by atoms with Crippen molar-refractivity contribution in [3.63, 3.8) is 0 Å². The highest BCUT2D eigenvalue weighted by molar-refractivity contribution is 8.00. The molecule has 2 aliphatic carbocycles. The van der Waals surface area contributed by atoms with E-state index in [2.05, 4.69) is 62.1 Å². The standard InChI is InChI=1S/C17H24S/c1-3-4-13-18-17(12-8-7-9-15(17)2)14-16-10-5-6-11-16/h5,7-11H,3-4,6,12-14H2,1-2H3. The largest absolute Gasteiger partial charge is 0.150 e. The molecule has 0 N–H and O–H groups in total. The zero-order valence-electron chi connectivity index (χ0n) is 11.6. The first kappa shape index (κ1) is 13.7. The fraction of sp³-hybridized carbons (Fsp3) is 0.529. The summed E-state index contributed by atoms with van der Waals surface area (Å²) in [7, 11) is 0. The normalized spacial score (nSPS) is 26.3. The topological polar surface area (TPSA) is 0 Å². The highest BCUT2D eigenvalue weighted by Gasteiger charge is 2.33. The van der Waals surface area contributed by atoms with Gasteiger partial charge in [-0.15, -0.1) is 0 Å². The molecule has 0 nitrogen and oxygen atoms in total. The van der Waals surface area contributed by atoms with Crippen molar-refractivity contribution in [1.82, 2.24) is 0 Å². The molecule has 18 heavy (non-hydrogen) atoms. The monoisotopic (exact) mass is 260 g/mol. The molecule has 0 bridgehead atoms.